The molecule has 156 valence electrons. The molecule has 0 aliphatic carbocycles. The molecule has 0 aliphatic rings. The predicted molar refractivity (Wildman–Crippen MR) is 116 cm³/mol. The van der Waals surface area contributed by atoms with Crippen molar-refractivity contribution >= 4 is 5.91 Å². The van der Waals surface area contributed by atoms with E-state index in [9.17, 15) is 9.59 Å². The van der Waals surface area contributed by atoms with Gasteiger partial charge in [-0.25, -0.2) is 0 Å². The molecule has 30 heavy (non-hydrogen) atoms. The average Bonchev–Trinajstić information content (AvgIpc) is 2.77. The Balaban J connectivity index is 1.70. The fourth-order valence-corrected chi connectivity index (χ4v) is 3.10. The summed E-state index contributed by atoms with van der Waals surface area (Å²) in [5, 5.41) is 3.00. The van der Waals surface area contributed by atoms with E-state index in [0.29, 0.717) is 0 Å². The van der Waals surface area contributed by atoms with Crippen LogP contribution in [-0.4, -0.2) is 18.0 Å². The number of hydrogen-bond donors (Lipinski definition) is 2. The molecule has 1 heterocycles. The summed E-state index contributed by atoms with van der Waals surface area (Å²) in [4.78, 5) is 28.0. The SMILES string of the molecule is COc1ccc(C(NC(=O)c2cc(=O)c(OCc3ccccc3)c[nH]2)C(C)C)cc1. The van der Waals surface area contributed by atoms with Crippen LogP contribution in [0.4, 0.5) is 0 Å². The van der Waals surface area contributed by atoms with E-state index >= 15 is 0 Å². The molecule has 0 bridgehead atoms. The predicted octanol–water partition coefficient (Wildman–Crippen LogP) is 4.09. The molecule has 1 atom stereocenters. The molecule has 1 aromatic heterocycles. The zero-order valence-corrected chi connectivity index (χ0v) is 17.3. The van der Waals surface area contributed by atoms with Crippen LogP contribution in [0.1, 0.15) is 41.5 Å². The molecule has 0 radical (unpaired) electrons. The topological polar surface area (TPSA) is 80.4 Å². The van der Waals surface area contributed by atoms with Crippen LogP contribution in [0.5, 0.6) is 11.5 Å². The van der Waals surface area contributed by atoms with Gasteiger partial charge in [0.05, 0.1) is 13.2 Å². The highest BCUT2D eigenvalue weighted by Crippen LogP contribution is 2.24. The number of benzene rings is 2. The molecule has 0 aliphatic heterocycles. The molecule has 0 spiro atoms. The molecule has 2 N–H and O–H groups in total. The molecular formula is C24H26N2O4. The lowest BCUT2D eigenvalue weighted by Crippen LogP contribution is -2.32. The van der Waals surface area contributed by atoms with Crippen LogP contribution in [0, 0.1) is 5.92 Å². The number of nitrogens with one attached hydrogen (secondary N) is 2. The Hall–Kier alpha value is -3.54. The van der Waals surface area contributed by atoms with Crippen LogP contribution in [0.25, 0.3) is 0 Å². The maximum absolute atomic E-state index is 12.8. The van der Waals surface area contributed by atoms with E-state index in [4.69, 9.17) is 9.47 Å². The van der Waals surface area contributed by atoms with Crippen LogP contribution >= 0.6 is 0 Å². The van der Waals surface area contributed by atoms with Crippen LogP contribution in [-0.2, 0) is 6.61 Å². The number of aromatic amines is 1. The van der Waals surface area contributed by atoms with E-state index in [2.05, 4.69) is 10.3 Å². The Morgan fingerprint density at radius 2 is 1.77 bits per heavy atom. The first-order valence-electron chi connectivity index (χ1n) is 9.82. The highest BCUT2D eigenvalue weighted by atomic mass is 16.5. The number of hydrogen-bond acceptors (Lipinski definition) is 4. The summed E-state index contributed by atoms with van der Waals surface area (Å²) in [7, 11) is 1.61. The number of carbonyl (C=O) groups excluding carboxylic acids is 1. The van der Waals surface area contributed by atoms with Crippen molar-refractivity contribution in [2.45, 2.75) is 26.5 Å². The number of aromatic nitrogens is 1. The number of H-pyrrole nitrogens is 1. The van der Waals surface area contributed by atoms with Crippen LogP contribution in [0.3, 0.4) is 0 Å². The molecule has 3 rings (SSSR count). The molecule has 1 unspecified atom stereocenters. The maximum Gasteiger partial charge on any atom is 0.268 e. The van der Waals surface area contributed by atoms with Crippen molar-refractivity contribution in [3.8, 4) is 11.5 Å². The van der Waals surface area contributed by atoms with Crippen molar-refractivity contribution < 1.29 is 14.3 Å². The Labute approximate surface area is 175 Å². The molecule has 6 heteroatoms. The largest absolute Gasteiger partial charge is 0.497 e. The second kappa shape index (κ2) is 9.78. The third-order valence-corrected chi connectivity index (χ3v) is 4.79. The molecule has 3 aromatic rings. The molecule has 6 nitrogen and oxygen atoms in total. The normalized spacial score (nSPS) is 11.7. The van der Waals surface area contributed by atoms with Crippen LogP contribution in [0.2, 0.25) is 0 Å². The third kappa shape index (κ3) is 5.29. The van der Waals surface area contributed by atoms with Gasteiger partial charge in [0.15, 0.2) is 5.75 Å². The molecule has 2 aromatic carbocycles. The zero-order valence-electron chi connectivity index (χ0n) is 17.3. The van der Waals surface area contributed by atoms with Crippen molar-refractivity contribution in [3.63, 3.8) is 0 Å². The van der Waals surface area contributed by atoms with Gasteiger partial charge < -0.3 is 19.8 Å². The first-order valence-corrected chi connectivity index (χ1v) is 9.82. The number of rotatable bonds is 8. The van der Waals surface area contributed by atoms with Gasteiger partial charge in [-0.3, -0.25) is 9.59 Å². The Bertz CT molecular complexity index is 1030. The Morgan fingerprint density at radius 1 is 1.07 bits per heavy atom. The van der Waals surface area contributed by atoms with Gasteiger partial charge in [-0.1, -0.05) is 56.3 Å². The minimum atomic E-state index is -0.351. The number of carbonyl (C=O) groups is 1. The van der Waals surface area contributed by atoms with E-state index in [1.807, 2.05) is 68.4 Å². The fraction of sp³-hybridized carbons (Fsp3) is 0.250. The highest BCUT2D eigenvalue weighted by Gasteiger charge is 2.20. The van der Waals surface area contributed by atoms with Crippen LogP contribution in [0.15, 0.2) is 71.7 Å². The first-order chi connectivity index (χ1) is 14.5. The van der Waals surface area contributed by atoms with Gasteiger partial charge in [0.25, 0.3) is 5.91 Å². The van der Waals surface area contributed by atoms with E-state index in [1.165, 1.54) is 12.3 Å². The van der Waals surface area contributed by atoms with E-state index < -0.39 is 0 Å². The molecule has 0 saturated heterocycles. The van der Waals surface area contributed by atoms with Gasteiger partial charge >= 0.3 is 0 Å². The lowest BCUT2D eigenvalue weighted by Gasteiger charge is -2.23. The molecule has 0 saturated carbocycles. The van der Waals surface area contributed by atoms with Crippen LogP contribution < -0.4 is 20.2 Å². The second-order valence-corrected chi connectivity index (χ2v) is 7.32. The summed E-state index contributed by atoms with van der Waals surface area (Å²) < 4.78 is 10.8. The summed E-state index contributed by atoms with van der Waals surface area (Å²) in [5.74, 6) is 0.729. The first kappa shape index (κ1) is 21.2. The summed E-state index contributed by atoms with van der Waals surface area (Å²) in [6, 6.07) is 18.2. The smallest absolute Gasteiger partial charge is 0.268 e. The minimum absolute atomic E-state index is 0.155. The van der Waals surface area contributed by atoms with Gasteiger partial charge in [0, 0.05) is 12.3 Å². The minimum Gasteiger partial charge on any atom is -0.497 e. The lowest BCUT2D eigenvalue weighted by molar-refractivity contribution is 0.0920. The van der Waals surface area contributed by atoms with Crippen molar-refractivity contribution in [3.05, 3.63) is 93.9 Å². The zero-order chi connectivity index (χ0) is 21.5. The van der Waals surface area contributed by atoms with E-state index in [1.54, 1.807) is 7.11 Å². The van der Waals surface area contributed by atoms with Gasteiger partial charge in [-0.2, -0.15) is 0 Å². The lowest BCUT2D eigenvalue weighted by atomic mass is 9.95. The van der Waals surface area contributed by atoms with Gasteiger partial charge in [-0.15, -0.1) is 0 Å². The molecule has 1 amide bonds. The quantitative estimate of drug-likeness (QED) is 0.590. The van der Waals surface area contributed by atoms with E-state index in [0.717, 1.165) is 16.9 Å². The number of pyridine rings is 1. The second-order valence-electron chi connectivity index (χ2n) is 7.32. The monoisotopic (exact) mass is 406 g/mol. The average molecular weight is 406 g/mol. The van der Waals surface area contributed by atoms with Crippen molar-refractivity contribution in [1.82, 2.24) is 10.3 Å². The molecule has 0 fully saturated rings. The Kier molecular flexibility index (Phi) is 6.91. The number of amides is 1. The number of ether oxygens (including phenoxy) is 2. The molecular weight excluding hydrogens is 380 g/mol. The highest BCUT2D eigenvalue weighted by molar-refractivity contribution is 5.92. The van der Waals surface area contributed by atoms with Gasteiger partial charge in [0.2, 0.25) is 5.43 Å². The van der Waals surface area contributed by atoms with Gasteiger partial charge in [-0.05, 0) is 29.2 Å². The summed E-state index contributed by atoms with van der Waals surface area (Å²) in [6.07, 6.45) is 1.43. The standard InChI is InChI=1S/C24H26N2O4/c1-16(2)23(18-9-11-19(29-3)12-10-18)26-24(28)20-13-21(27)22(14-25-20)30-15-17-7-5-4-6-8-17/h4-14,16,23H,15H2,1-3H3,(H,25,27)(H,26,28). The van der Waals surface area contributed by atoms with Crippen molar-refractivity contribution in [1.29, 1.82) is 0 Å². The van der Waals surface area contributed by atoms with Gasteiger partial charge in [0.1, 0.15) is 18.1 Å². The third-order valence-electron chi connectivity index (χ3n) is 4.79. The fourth-order valence-electron chi connectivity index (χ4n) is 3.10. The van der Waals surface area contributed by atoms with E-state index in [-0.39, 0.29) is 41.3 Å². The Morgan fingerprint density at radius 3 is 2.37 bits per heavy atom. The summed E-state index contributed by atoms with van der Waals surface area (Å²) in [5.41, 5.74) is 1.76. The maximum atomic E-state index is 12.8. The van der Waals surface area contributed by atoms with Crippen molar-refractivity contribution in [2.75, 3.05) is 7.11 Å². The summed E-state index contributed by atoms with van der Waals surface area (Å²) >= 11 is 0. The van der Waals surface area contributed by atoms with Crippen molar-refractivity contribution in [2.24, 2.45) is 5.92 Å². The number of methoxy groups -OCH3 is 1. The summed E-state index contributed by atoms with van der Waals surface area (Å²) in [6.45, 7) is 4.33.